The Morgan fingerprint density at radius 3 is 2.65 bits per heavy atom. The molecule has 1 aromatic heterocycles. The maximum absolute atomic E-state index is 13.9. The third-order valence-electron chi connectivity index (χ3n) is 4.66. The molecule has 1 fully saturated rings. The maximum Gasteiger partial charge on any atom is 0.153 e. The summed E-state index contributed by atoms with van der Waals surface area (Å²) in [4.78, 5) is 4.27. The van der Waals surface area contributed by atoms with Crippen molar-refractivity contribution in [3.05, 3.63) is 29.6 Å². The molecular formula is C15H17ClF2N2. The fourth-order valence-corrected chi connectivity index (χ4v) is 3.52. The topological polar surface area (TPSA) is 17.8 Å². The van der Waals surface area contributed by atoms with Gasteiger partial charge in [-0.05, 0) is 30.7 Å². The van der Waals surface area contributed by atoms with Gasteiger partial charge in [0, 0.05) is 12.1 Å². The fourth-order valence-electron chi connectivity index (χ4n) is 3.34. The second-order valence-electron chi connectivity index (χ2n) is 5.77. The summed E-state index contributed by atoms with van der Waals surface area (Å²) in [5.41, 5.74) is 0.734. The Labute approximate surface area is 121 Å². The Hall–Kier alpha value is -1.16. The summed E-state index contributed by atoms with van der Waals surface area (Å²) < 4.78 is 29.4. The van der Waals surface area contributed by atoms with E-state index in [4.69, 9.17) is 11.6 Å². The molecule has 1 aliphatic rings. The van der Waals surface area contributed by atoms with E-state index in [1.54, 1.807) is 0 Å². The minimum atomic E-state index is -0.621. The highest BCUT2D eigenvalue weighted by atomic mass is 35.5. The first-order valence-corrected chi connectivity index (χ1v) is 7.48. The van der Waals surface area contributed by atoms with Gasteiger partial charge in [-0.2, -0.15) is 0 Å². The van der Waals surface area contributed by atoms with E-state index in [2.05, 4.69) is 18.8 Å². The van der Waals surface area contributed by atoms with Gasteiger partial charge in [-0.3, -0.25) is 0 Å². The molecule has 0 bridgehead atoms. The van der Waals surface area contributed by atoms with E-state index in [1.165, 1.54) is 6.07 Å². The zero-order valence-corrected chi connectivity index (χ0v) is 12.3. The molecule has 1 heterocycles. The molecule has 1 aromatic carbocycles. The molecule has 1 aliphatic carbocycles. The molecule has 5 heteroatoms. The number of aromatic nitrogens is 2. The molecule has 0 N–H and O–H groups in total. The van der Waals surface area contributed by atoms with Gasteiger partial charge in [-0.1, -0.05) is 13.8 Å². The Balaban J connectivity index is 2.23. The number of hydrogen-bond donors (Lipinski definition) is 0. The molecule has 108 valence electrons. The van der Waals surface area contributed by atoms with Crippen LogP contribution in [0, 0.1) is 23.5 Å². The van der Waals surface area contributed by atoms with Crippen molar-refractivity contribution in [2.45, 2.75) is 38.6 Å². The number of alkyl halides is 1. The smallest absolute Gasteiger partial charge is 0.153 e. The van der Waals surface area contributed by atoms with E-state index < -0.39 is 11.6 Å². The highest BCUT2D eigenvalue weighted by molar-refractivity contribution is 6.16. The van der Waals surface area contributed by atoms with Crippen LogP contribution >= 0.6 is 11.6 Å². The predicted molar refractivity (Wildman–Crippen MR) is 75.8 cm³/mol. The Morgan fingerprint density at radius 1 is 1.30 bits per heavy atom. The van der Waals surface area contributed by atoms with Gasteiger partial charge in [0.05, 0.1) is 11.4 Å². The number of imidazole rings is 1. The zero-order valence-electron chi connectivity index (χ0n) is 11.5. The molecule has 3 rings (SSSR count). The summed E-state index contributed by atoms with van der Waals surface area (Å²) in [6.45, 7) is 4.40. The van der Waals surface area contributed by atoms with E-state index in [9.17, 15) is 8.78 Å². The van der Waals surface area contributed by atoms with Gasteiger partial charge in [-0.25, -0.2) is 13.8 Å². The average molecular weight is 299 g/mol. The van der Waals surface area contributed by atoms with Crippen LogP contribution in [0.25, 0.3) is 11.0 Å². The van der Waals surface area contributed by atoms with Crippen molar-refractivity contribution >= 4 is 22.6 Å². The summed E-state index contributed by atoms with van der Waals surface area (Å²) in [6.07, 6.45) is 2.11. The van der Waals surface area contributed by atoms with Crippen molar-refractivity contribution < 1.29 is 8.78 Å². The third-order valence-corrected chi connectivity index (χ3v) is 4.90. The van der Waals surface area contributed by atoms with E-state index in [0.29, 0.717) is 23.2 Å². The van der Waals surface area contributed by atoms with Crippen molar-refractivity contribution in [2.75, 3.05) is 0 Å². The van der Waals surface area contributed by atoms with E-state index in [-0.39, 0.29) is 17.4 Å². The normalized spacial score (nSPS) is 26.6. The number of rotatable bonds is 2. The first-order valence-electron chi connectivity index (χ1n) is 6.94. The van der Waals surface area contributed by atoms with Gasteiger partial charge < -0.3 is 4.57 Å². The number of fused-ring (bicyclic) bond motifs is 1. The maximum atomic E-state index is 13.9. The minimum absolute atomic E-state index is 0.202. The van der Waals surface area contributed by atoms with Crippen LogP contribution in [0.1, 0.15) is 38.6 Å². The SMILES string of the molecule is CC1CCC(n2c(CCl)nc3c(F)cc(F)cc32)C1C. The second-order valence-corrected chi connectivity index (χ2v) is 6.04. The van der Waals surface area contributed by atoms with Crippen LogP contribution in [-0.4, -0.2) is 9.55 Å². The summed E-state index contributed by atoms with van der Waals surface area (Å²) in [7, 11) is 0. The Bertz CT molecular complexity index is 653. The van der Waals surface area contributed by atoms with Gasteiger partial charge in [-0.15, -0.1) is 11.6 Å². The summed E-state index contributed by atoms with van der Waals surface area (Å²) in [5.74, 6) is 0.671. The largest absolute Gasteiger partial charge is 0.323 e. The number of hydrogen-bond acceptors (Lipinski definition) is 1. The van der Waals surface area contributed by atoms with Gasteiger partial charge in [0.2, 0.25) is 0 Å². The van der Waals surface area contributed by atoms with Gasteiger partial charge >= 0.3 is 0 Å². The molecule has 0 aliphatic heterocycles. The first-order chi connectivity index (χ1) is 9.52. The molecule has 2 aromatic rings. The molecule has 2 nitrogen and oxygen atoms in total. The summed E-state index contributed by atoms with van der Waals surface area (Å²) in [6, 6.07) is 2.44. The van der Waals surface area contributed by atoms with Gasteiger partial charge in [0.25, 0.3) is 0 Å². The van der Waals surface area contributed by atoms with Crippen molar-refractivity contribution in [1.29, 1.82) is 0 Å². The highest BCUT2D eigenvalue weighted by Crippen LogP contribution is 2.42. The summed E-state index contributed by atoms with van der Waals surface area (Å²) in [5, 5.41) is 0. The Morgan fingerprint density at radius 2 is 2.05 bits per heavy atom. The zero-order chi connectivity index (χ0) is 14.4. The second kappa shape index (κ2) is 4.99. The molecule has 1 saturated carbocycles. The lowest BCUT2D eigenvalue weighted by Gasteiger charge is -2.22. The predicted octanol–water partition coefficient (Wildman–Crippen LogP) is 4.66. The third kappa shape index (κ3) is 2.01. The quantitative estimate of drug-likeness (QED) is 0.737. The lowest BCUT2D eigenvalue weighted by atomic mass is 9.97. The molecule has 20 heavy (non-hydrogen) atoms. The van der Waals surface area contributed by atoms with Crippen LogP contribution in [0.4, 0.5) is 8.78 Å². The minimum Gasteiger partial charge on any atom is -0.323 e. The van der Waals surface area contributed by atoms with Crippen LogP contribution in [-0.2, 0) is 5.88 Å². The number of nitrogens with zero attached hydrogens (tertiary/aromatic N) is 2. The number of halogens is 3. The molecular weight excluding hydrogens is 282 g/mol. The van der Waals surface area contributed by atoms with Crippen LogP contribution in [0.15, 0.2) is 12.1 Å². The van der Waals surface area contributed by atoms with E-state index in [0.717, 1.165) is 18.9 Å². The van der Waals surface area contributed by atoms with Gasteiger partial charge in [0.15, 0.2) is 5.82 Å². The molecule has 0 amide bonds. The van der Waals surface area contributed by atoms with E-state index in [1.807, 2.05) is 4.57 Å². The summed E-state index contributed by atoms with van der Waals surface area (Å²) >= 11 is 5.96. The van der Waals surface area contributed by atoms with Crippen molar-refractivity contribution in [3.63, 3.8) is 0 Å². The first kappa shape index (κ1) is 13.8. The monoisotopic (exact) mass is 298 g/mol. The molecule has 3 unspecified atom stereocenters. The lowest BCUT2D eigenvalue weighted by molar-refractivity contribution is 0.354. The molecule has 0 spiro atoms. The fraction of sp³-hybridized carbons (Fsp3) is 0.533. The van der Waals surface area contributed by atoms with Crippen LogP contribution < -0.4 is 0 Å². The average Bonchev–Trinajstić information content (AvgIpc) is 2.91. The van der Waals surface area contributed by atoms with Crippen molar-refractivity contribution in [2.24, 2.45) is 11.8 Å². The van der Waals surface area contributed by atoms with E-state index >= 15 is 0 Å². The molecule has 0 radical (unpaired) electrons. The van der Waals surface area contributed by atoms with Crippen LogP contribution in [0.2, 0.25) is 0 Å². The van der Waals surface area contributed by atoms with Crippen LogP contribution in [0.5, 0.6) is 0 Å². The molecule has 3 atom stereocenters. The van der Waals surface area contributed by atoms with Crippen molar-refractivity contribution in [1.82, 2.24) is 9.55 Å². The standard InChI is InChI=1S/C15H17ClF2N2/c1-8-3-4-12(9(8)2)20-13-6-10(17)5-11(18)15(13)19-14(20)7-16/h5-6,8-9,12H,3-4,7H2,1-2H3. The number of benzene rings is 1. The van der Waals surface area contributed by atoms with Crippen LogP contribution in [0.3, 0.4) is 0 Å². The molecule has 0 saturated heterocycles. The van der Waals surface area contributed by atoms with Crippen molar-refractivity contribution in [3.8, 4) is 0 Å². The van der Waals surface area contributed by atoms with Gasteiger partial charge in [0.1, 0.15) is 17.2 Å². The Kier molecular flexibility index (Phi) is 3.44. The highest BCUT2D eigenvalue weighted by Gasteiger charge is 2.33. The lowest BCUT2D eigenvalue weighted by Crippen LogP contribution is -2.16.